The van der Waals surface area contributed by atoms with E-state index in [1.807, 2.05) is 6.26 Å². The van der Waals surface area contributed by atoms with E-state index in [0.29, 0.717) is 27.9 Å². The van der Waals surface area contributed by atoms with Crippen LogP contribution in [0.3, 0.4) is 0 Å². The molecular formula is C11H15NO3S. The van der Waals surface area contributed by atoms with Crippen LogP contribution in [0.25, 0.3) is 0 Å². The van der Waals surface area contributed by atoms with Crippen LogP contribution in [0.15, 0.2) is 12.1 Å². The van der Waals surface area contributed by atoms with Crippen molar-refractivity contribution in [3.8, 4) is 17.2 Å². The number of rotatable bonds is 4. The molecule has 0 aliphatic heterocycles. The van der Waals surface area contributed by atoms with E-state index in [2.05, 4.69) is 0 Å². The highest BCUT2D eigenvalue weighted by molar-refractivity contribution is 8.13. The fourth-order valence-electron chi connectivity index (χ4n) is 1.39. The first-order valence-corrected chi connectivity index (χ1v) is 5.83. The van der Waals surface area contributed by atoms with Gasteiger partial charge in [0.1, 0.15) is 0 Å². The molecule has 0 bridgehead atoms. The van der Waals surface area contributed by atoms with Gasteiger partial charge < -0.3 is 14.2 Å². The topological polar surface area (TPSA) is 51.5 Å². The highest BCUT2D eigenvalue weighted by Crippen LogP contribution is 2.40. The van der Waals surface area contributed by atoms with Gasteiger partial charge in [-0.3, -0.25) is 5.41 Å². The first-order valence-electron chi connectivity index (χ1n) is 4.61. The predicted molar refractivity (Wildman–Crippen MR) is 66.4 cm³/mol. The van der Waals surface area contributed by atoms with E-state index in [1.54, 1.807) is 33.5 Å². The fraction of sp³-hybridized carbons (Fsp3) is 0.364. The number of hydrogen-bond donors (Lipinski definition) is 1. The van der Waals surface area contributed by atoms with Crippen molar-refractivity contribution in [3.63, 3.8) is 0 Å². The quantitative estimate of drug-likeness (QED) is 0.649. The third kappa shape index (κ3) is 2.24. The van der Waals surface area contributed by atoms with E-state index in [9.17, 15) is 0 Å². The number of hydrogen-bond acceptors (Lipinski definition) is 5. The Bertz CT molecular complexity index is 393. The molecule has 0 aromatic heterocycles. The summed E-state index contributed by atoms with van der Waals surface area (Å²) >= 11 is 1.35. The third-order valence-corrected chi connectivity index (χ3v) is 2.78. The fourth-order valence-corrected chi connectivity index (χ4v) is 1.77. The van der Waals surface area contributed by atoms with Gasteiger partial charge in [-0.2, -0.15) is 0 Å². The van der Waals surface area contributed by atoms with E-state index < -0.39 is 0 Å². The minimum absolute atomic E-state index is 0.429. The molecule has 1 aromatic rings. The van der Waals surface area contributed by atoms with Crippen LogP contribution in [0.4, 0.5) is 0 Å². The highest BCUT2D eigenvalue weighted by atomic mass is 32.2. The molecule has 0 fully saturated rings. The van der Waals surface area contributed by atoms with Crippen LogP contribution in [0.2, 0.25) is 0 Å². The van der Waals surface area contributed by atoms with Gasteiger partial charge >= 0.3 is 0 Å². The second-order valence-corrected chi connectivity index (χ2v) is 3.73. The molecule has 88 valence electrons. The SMILES string of the molecule is COc1ccc(C(=N)SC)c(OC)c1OC. The Hall–Kier alpha value is -1.36. The summed E-state index contributed by atoms with van der Waals surface area (Å²) in [4.78, 5) is 0. The molecule has 1 aromatic carbocycles. The van der Waals surface area contributed by atoms with Crippen LogP contribution in [-0.4, -0.2) is 32.6 Å². The maximum atomic E-state index is 7.81. The predicted octanol–water partition coefficient (Wildman–Crippen LogP) is 2.40. The second kappa shape index (κ2) is 5.65. The minimum Gasteiger partial charge on any atom is -0.493 e. The normalized spacial score (nSPS) is 9.75. The second-order valence-electron chi connectivity index (χ2n) is 2.92. The van der Waals surface area contributed by atoms with Gasteiger partial charge in [-0.25, -0.2) is 0 Å². The molecule has 0 aliphatic rings. The average molecular weight is 241 g/mol. The van der Waals surface area contributed by atoms with Crippen molar-refractivity contribution < 1.29 is 14.2 Å². The van der Waals surface area contributed by atoms with Crippen molar-refractivity contribution in [2.75, 3.05) is 27.6 Å². The van der Waals surface area contributed by atoms with Crippen molar-refractivity contribution in [2.24, 2.45) is 0 Å². The van der Waals surface area contributed by atoms with Crippen molar-refractivity contribution in [3.05, 3.63) is 17.7 Å². The number of ether oxygens (including phenoxy) is 3. The Morgan fingerprint density at radius 2 is 1.69 bits per heavy atom. The van der Waals surface area contributed by atoms with Crippen LogP contribution < -0.4 is 14.2 Å². The molecule has 0 saturated heterocycles. The maximum Gasteiger partial charge on any atom is 0.203 e. The molecule has 0 amide bonds. The molecule has 16 heavy (non-hydrogen) atoms. The Morgan fingerprint density at radius 3 is 2.12 bits per heavy atom. The highest BCUT2D eigenvalue weighted by Gasteiger charge is 2.17. The van der Waals surface area contributed by atoms with E-state index in [4.69, 9.17) is 19.6 Å². The van der Waals surface area contributed by atoms with Gasteiger partial charge in [0.25, 0.3) is 0 Å². The van der Waals surface area contributed by atoms with E-state index in [1.165, 1.54) is 11.8 Å². The van der Waals surface area contributed by atoms with E-state index in [-0.39, 0.29) is 0 Å². The summed E-state index contributed by atoms with van der Waals surface area (Å²) in [5.74, 6) is 1.64. The molecular weight excluding hydrogens is 226 g/mol. The lowest BCUT2D eigenvalue weighted by atomic mass is 10.2. The summed E-state index contributed by atoms with van der Waals surface area (Å²) < 4.78 is 15.7. The summed E-state index contributed by atoms with van der Waals surface area (Å²) in [6.45, 7) is 0. The minimum atomic E-state index is 0.429. The van der Waals surface area contributed by atoms with Crippen LogP contribution in [0.1, 0.15) is 5.56 Å². The summed E-state index contributed by atoms with van der Waals surface area (Å²) in [5, 5.41) is 8.24. The number of benzene rings is 1. The monoisotopic (exact) mass is 241 g/mol. The first kappa shape index (κ1) is 12.7. The van der Waals surface area contributed by atoms with Crippen molar-refractivity contribution in [1.82, 2.24) is 0 Å². The lowest BCUT2D eigenvalue weighted by Gasteiger charge is -2.15. The molecule has 0 radical (unpaired) electrons. The van der Waals surface area contributed by atoms with Crippen molar-refractivity contribution >= 4 is 16.8 Å². The van der Waals surface area contributed by atoms with E-state index in [0.717, 1.165) is 0 Å². The van der Waals surface area contributed by atoms with Gasteiger partial charge in [-0.1, -0.05) is 0 Å². The molecule has 0 unspecified atom stereocenters. The van der Waals surface area contributed by atoms with Crippen LogP contribution in [0.5, 0.6) is 17.2 Å². The van der Waals surface area contributed by atoms with Gasteiger partial charge in [0, 0.05) is 0 Å². The van der Waals surface area contributed by atoms with Crippen molar-refractivity contribution in [1.29, 1.82) is 5.41 Å². The summed E-state index contributed by atoms with van der Waals surface area (Å²) in [6, 6.07) is 3.56. The molecule has 1 rings (SSSR count). The van der Waals surface area contributed by atoms with Gasteiger partial charge in [0.15, 0.2) is 11.5 Å². The average Bonchev–Trinajstić information content (AvgIpc) is 2.35. The molecule has 1 N–H and O–H groups in total. The number of methoxy groups -OCH3 is 3. The van der Waals surface area contributed by atoms with Crippen LogP contribution in [-0.2, 0) is 0 Å². The summed E-state index contributed by atoms with van der Waals surface area (Å²) in [7, 11) is 4.66. The Morgan fingerprint density at radius 1 is 1.06 bits per heavy atom. The Labute approximate surface area is 99.4 Å². The molecule has 0 heterocycles. The summed E-state index contributed by atoms with van der Waals surface area (Å²) in [5.41, 5.74) is 0.702. The Balaban J connectivity index is 3.37. The molecule has 0 saturated carbocycles. The third-order valence-electron chi connectivity index (χ3n) is 2.15. The van der Waals surface area contributed by atoms with Gasteiger partial charge in [-0.15, -0.1) is 11.8 Å². The lowest BCUT2D eigenvalue weighted by Crippen LogP contribution is -2.01. The number of nitrogens with one attached hydrogen (secondary N) is 1. The zero-order chi connectivity index (χ0) is 12.1. The first-order chi connectivity index (χ1) is 7.69. The maximum absolute atomic E-state index is 7.81. The zero-order valence-electron chi connectivity index (χ0n) is 9.79. The molecule has 0 spiro atoms. The molecule has 4 nitrogen and oxygen atoms in total. The van der Waals surface area contributed by atoms with Crippen LogP contribution >= 0.6 is 11.8 Å². The molecule has 0 atom stereocenters. The lowest BCUT2D eigenvalue weighted by molar-refractivity contribution is 0.324. The smallest absolute Gasteiger partial charge is 0.203 e. The van der Waals surface area contributed by atoms with Crippen molar-refractivity contribution in [2.45, 2.75) is 0 Å². The van der Waals surface area contributed by atoms with Crippen LogP contribution in [0, 0.1) is 5.41 Å². The zero-order valence-corrected chi connectivity index (χ0v) is 10.6. The van der Waals surface area contributed by atoms with Gasteiger partial charge in [0.05, 0.1) is 31.9 Å². The largest absolute Gasteiger partial charge is 0.493 e. The molecule has 0 aliphatic carbocycles. The van der Waals surface area contributed by atoms with Gasteiger partial charge in [0.2, 0.25) is 5.75 Å². The van der Waals surface area contributed by atoms with E-state index >= 15 is 0 Å². The number of thioether (sulfide) groups is 1. The molecule has 5 heteroatoms. The summed E-state index contributed by atoms with van der Waals surface area (Å²) in [6.07, 6.45) is 1.85. The van der Waals surface area contributed by atoms with Gasteiger partial charge in [-0.05, 0) is 18.4 Å². The Kier molecular flexibility index (Phi) is 4.49. The standard InChI is InChI=1S/C11H15NO3S/c1-13-8-6-5-7(11(12)16-4)9(14-2)10(8)15-3/h5-6,12H,1-4H3.